The Morgan fingerprint density at radius 3 is 2.62 bits per heavy atom. The molecule has 0 fully saturated rings. The van der Waals surface area contributed by atoms with Gasteiger partial charge in [-0.25, -0.2) is 4.98 Å². The van der Waals surface area contributed by atoms with Crippen molar-refractivity contribution in [2.45, 2.75) is 13.5 Å². The first kappa shape index (κ1) is 21.3. The van der Waals surface area contributed by atoms with Gasteiger partial charge < -0.3 is 19.5 Å². The molecule has 0 bridgehead atoms. The molecule has 0 unspecified atom stereocenters. The van der Waals surface area contributed by atoms with E-state index >= 15 is 0 Å². The molecule has 1 N–H and O–H groups in total. The highest BCUT2D eigenvalue weighted by Crippen LogP contribution is 2.32. The van der Waals surface area contributed by atoms with Gasteiger partial charge in [-0.3, -0.25) is 0 Å². The number of ether oxygens (including phenoxy) is 3. The number of para-hydroxylation sites is 1. The summed E-state index contributed by atoms with van der Waals surface area (Å²) in [6.07, 6.45) is 1.71. The lowest BCUT2D eigenvalue weighted by Crippen LogP contribution is -2.20. The van der Waals surface area contributed by atoms with E-state index in [-0.39, 0.29) is 6.01 Å². The molecule has 0 atom stereocenters. The summed E-state index contributed by atoms with van der Waals surface area (Å²) in [5.41, 5.74) is 1.86. The summed E-state index contributed by atoms with van der Waals surface area (Å²) in [7, 11) is 0. The lowest BCUT2D eigenvalue weighted by molar-refractivity contribution is 0.301. The van der Waals surface area contributed by atoms with Crippen LogP contribution in [0.15, 0.2) is 72.9 Å². The van der Waals surface area contributed by atoms with E-state index in [0.29, 0.717) is 43.7 Å². The van der Waals surface area contributed by atoms with Crippen LogP contribution in [0.4, 0.5) is 0 Å². The Morgan fingerprint density at radius 2 is 1.81 bits per heavy atom. The quantitative estimate of drug-likeness (QED) is 0.360. The van der Waals surface area contributed by atoms with Gasteiger partial charge in [-0.2, -0.15) is 4.68 Å². The fourth-order valence-corrected chi connectivity index (χ4v) is 2.98. The summed E-state index contributed by atoms with van der Waals surface area (Å²) in [5, 5.41) is 15.1. The summed E-state index contributed by atoms with van der Waals surface area (Å²) >= 11 is 0. The van der Waals surface area contributed by atoms with E-state index in [1.165, 1.54) is 4.68 Å². The van der Waals surface area contributed by atoms with E-state index in [4.69, 9.17) is 14.2 Å². The van der Waals surface area contributed by atoms with Crippen LogP contribution < -0.4 is 19.5 Å². The Balaban J connectivity index is 1.37. The minimum atomic E-state index is 0.259. The number of aromatic nitrogens is 5. The molecule has 4 aromatic rings. The van der Waals surface area contributed by atoms with Gasteiger partial charge in [0.25, 0.3) is 0 Å². The first-order chi connectivity index (χ1) is 15.8. The van der Waals surface area contributed by atoms with Crippen molar-refractivity contribution in [1.82, 2.24) is 30.5 Å². The summed E-state index contributed by atoms with van der Waals surface area (Å²) in [4.78, 5) is 4.14. The summed E-state index contributed by atoms with van der Waals surface area (Å²) in [6, 6.07) is 21.2. The van der Waals surface area contributed by atoms with Crippen LogP contribution in [0, 0.1) is 0 Å². The highest BCUT2D eigenvalue weighted by Gasteiger charge is 2.14. The third-order valence-electron chi connectivity index (χ3n) is 4.45. The van der Waals surface area contributed by atoms with Gasteiger partial charge in [0.15, 0.2) is 11.5 Å². The van der Waals surface area contributed by atoms with E-state index in [0.717, 1.165) is 11.3 Å². The number of nitrogens with zero attached hydrogens (tertiary/aromatic N) is 5. The maximum Gasteiger partial charge on any atom is 0.346 e. The summed E-state index contributed by atoms with van der Waals surface area (Å²) in [5.74, 6) is 1.78. The standard InChI is InChI=1S/C23H24N6O3/c1-2-30-21-16-18(17-24-14-15-31-22-10-6-7-13-25-22)11-12-20(21)32-23-26-27-28-29(23)19-8-4-3-5-9-19/h3-13,16,24H,2,14-15,17H2,1H3. The minimum absolute atomic E-state index is 0.259. The van der Waals surface area contributed by atoms with Crippen molar-refractivity contribution in [1.29, 1.82) is 0 Å². The van der Waals surface area contributed by atoms with Gasteiger partial charge in [0.2, 0.25) is 5.88 Å². The molecule has 32 heavy (non-hydrogen) atoms. The molecule has 2 aromatic carbocycles. The fraction of sp³-hybridized carbons (Fsp3) is 0.217. The zero-order valence-electron chi connectivity index (χ0n) is 17.7. The van der Waals surface area contributed by atoms with E-state index in [9.17, 15) is 0 Å². The van der Waals surface area contributed by atoms with E-state index in [2.05, 4.69) is 25.8 Å². The zero-order chi connectivity index (χ0) is 22.0. The first-order valence-electron chi connectivity index (χ1n) is 10.4. The molecule has 4 rings (SSSR count). The Kier molecular flexibility index (Phi) is 7.22. The molecule has 0 aliphatic heterocycles. The van der Waals surface area contributed by atoms with Crippen molar-refractivity contribution in [3.63, 3.8) is 0 Å². The van der Waals surface area contributed by atoms with Crippen molar-refractivity contribution in [3.8, 4) is 29.1 Å². The number of tetrazole rings is 1. The Morgan fingerprint density at radius 1 is 0.938 bits per heavy atom. The van der Waals surface area contributed by atoms with Crippen molar-refractivity contribution >= 4 is 0 Å². The van der Waals surface area contributed by atoms with Crippen LogP contribution in [0.1, 0.15) is 12.5 Å². The molecule has 0 spiro atoms. The van der Waals surface area contributed by atoms with Crippen molar-refractivity contribution in [3.05, 3.63) is 78.5 Å². The Bertz CT molecular complexity index is 1110. The van der Waals surface area contributed by atoms with Gasteiger partial charge in [-0.15, -0.1) is 0 Å². The van der Waals surface area contributed by atoms with Crippen LogP contribution in [0.25, 0.3) is 5.69 Å². The molecule has 164 valence electrons. The van der Waals surface area contributed by atoms with Crippen LogP contribution in [-0.4, -0.2) is 44.9 Å². The van der Waals surface area contributed by atoms with Gasteiger partial charge >= 0.3 is 6.01 Å². The lowest BCUT2D eigenvalue weighted by atomic mass is 10.2. The average molecular weight is 432 g/mol. The van der Waals surface area contributed by atoms with E-state index < -0.39 is 0 Å². The number of nitrogens with one attached hydrogen (secondary N) is 1. The molecule has 9 nitrogen and oxygen atoms in total. The minimum Gasteiger partial charge on any atom is -0.490 e. The maximum absolute atomic E-state index is 5.99. The predicted octanol–water partition coefficient (Wildman–Crippen LogP) is 3.42. The molecule has 9 heteroatoms. The average Bonchev–Trinajstić information content (AvgIpc) is 3.30. The van der Waals surface area contributed by atoms with E-state index in [1.807, 2.05) is 73.7 Å². The van der Waals surface area contributed by atoms with Crippen LogP contribution in [0.3, 0.4) is 0 Å². The molecule has 0 radical (unpaired) electrons. The zero-order valence-corrected chi connectivity index (χ0v) is 17.7. The fourth-order valence-electron chi connectivity index (χ4n) is 2.98. The van der Waals surface area contributed by atoms with Crippen molar-refractivity contribution < 1.29 is 14.2 Å². The summed E-state index contributed by atoms with van der Waals surface area (Å²) < 4.78 is 18.9. The largest absolute Gasteiger partial charge is 0.490 e. The first-order valence-corrected chi connectivity index (χ1v) is 10.4. The number of hydrogen-bond donors (Lipinski definition) is 1. The Hall–Kier alpha value is -3.98. The molecule has 0 saturated heterocycles. The smallest absolute Gasteiger partial charge is 0.346 e. The van der Waals surface area contributed by atoms with Gasteiger partial charge in [-0.1, -0.05) is 35.4 Å². The molecular formula is C23H24N6O3. The Labute approximate surface area is 186 Å². The maximum atomic E-state index is 5.99. The van der Waals surface area contributed by atoms with E-state index in [1.54, 1.807) is 6.20 Å². The van der Waals surface area contributed by atoms with Gasteiger partial charge in [0.05, 0.1) is 12.3 Å². The molecule has 0 saturated carbocycles. The molecule has 2 heterocycles. The lowest BCUT2D eigenvalue weighted by Gasteiger charge is -2.13. The van der Waals surface area contributed by atoms with Crippen molar-refractivity contribution in [2.75, 3.05) is 19.8 Å². The molecule has 2 aromatic heterocycles. The second kappa shape index (κ2) is 10.9. The second-order valence-electron chi connectivity index (χ2n) is 6.72. The predicted molar refractivity (Wildman–Crippen MR) is 118 cm³/mol. The second-order valence-corrected chi connectivity index (χ2v) is 6.72. The SMILES string of the molecule is CCOc1cc(CNCCOc2ccccn2)ccc1Oc1nnnn1-c1ccccc1. The number of benzene rings is 2. The topological polar surface area (TPSA) is 96.2 Å². The van der Waals surface area contributed by atoms with Crippen molar-refractivity contribution in [2.24, 2.45) is 0 Å². The van der Waals surface area contributed by atoms with Gasteiger partial charge in [-0.05, 0) is 53.2 Å². The van der Waals surface area contributed by atoms with Gasteiger partial charge in [0, 0.05) is 25.4 Å². The molecule has 0 aliphatic carbocycles. The van der Waals surface area contributed by atoms with Crippen LogP contribution in [0.2, 0.25) is 0 Å². The number of pyridine rings is 1. The monoisotopic (exact) mass is 432 g/mol. The third-order valence-corrected chi connectivity index (χ3v) is 4.45. The summed E-state index contributed by atoms with van der Waals surface area (Å²) in [6.45, 7) is 4.31. The van der Waals surface area contributed by atoms with Crippen LogP contribution >= 0.6 is 0 Å². The van der Waals surface area contributed by atoms with Crippen LogP contribution in [0.5, 0.6) is 23.4 Å². The highest BCUT2D eigenvalue weighted by molar-refractivity contribution is 5.44. The van der Waals surface area contributed by atoms with Gasteiger partial charge in [0.1, 0.15) is 6.61 Å². The molecular weight excluding hydrogens is 408 g/mol. The molecule has 0 amide bonds. The highest BCUT2D eigenvalue weighted by atomic mass is 16.5. The number of hydrogen-bond acceptors (Lipinski definition) is 8. The number of rotatable bonds is 11. The molecule has 0 aliphatic rings. The normalized spacial score (nSPS) is 10.7. The third kappa shape index (κ3) is 5.58. The van der Waals surface area contributed by atoms with Crippen LogP contribution in [-0.2, 0) is 6.54 Å².